The molecule has 2 N–H and O–H groups in total. The zero-order valence-electron chi connectivity index (χ0n) is 9.43. The summed E-state index contributed by atoms with van der Waals surface area (Å²) in [5, 5.41) is 2.51. The first-order valence-electron chi connectivity index (χ1n) is 5.10. The van der Waals surface area contributed by atoms with Crippen LogP contribution in [0.4, 0.5) is 0 Å². The zero-order valence-corrected chi connectivity index (χ0v) is 11.1. The molecule has 16 heavy (non-hydrogen) atoms. The molecule has 2 atom stereocenters. The van der Waals surface area contributed by atoms with Crippen LogP contribution in [-0.2, 0) is 19.9 Å². The van der Waals surface area contributed by atoms with Crippen molar-refractivity contribution in [1.82, 2.24) is 10.0 Å². The van der Waals surface area contributed by atoms with Gasteiger partial charge in [-0.15, -0.1) is 0 Å². The van der Waals surface area contributed by atoms with Crippen molar-refractivity contribution in [2.24, 2.45) is 0 Å². The van der Waals surface area contributed by atoms with E-state index in [1.54, 1.807) is 6.92 Å². The van der Waals surface area contributed by atoms with Crippen molar-refractivity contribution >= 4 is 19.9 Å². The minimum atomic E-state index is -3.41. The van der Waals surface area contributed by atoms with Gasteiger partial charge in [-0.1, -0.05) is 0 Å². The Morgan fingerprint density at radius 2 is 2.00 bits per heavy atom. The van der Waals surface area contributed by atoms with Crippen LogP contribution < -0.4 is 10.0 Å². The fourth-order valence-electron chi connectivity index (χ4n) is 1.76. The Kier molecular flexibility index (Phi) is 4.33. The van der Waals surface area contributed by atoms with Crippen LogP contribution in [0, 0.1) is 0 Å². The second kappa shape index (κ2) is 4.99. The maximum atomic E-state index is 11.8. The van der Waals surface area contributed by atoms with Crippen molar-refractivity contribution < 1.29 is 16.8 Å². The summed E-state index contributed by atoms with van der Waals surface area (Å²) in [6.45, 7) is 2.67. The molecular formula is C8H18N2O4S2. The maximum Gasteiger partial charge on any atom is 0.216 e. The monoisotopic (exact) mass is 270 g/mol. The number of rotatable bonds is 5. The topological polar surface area (TPSA) is 92.3 Å². The molecule has 1 rings (SSSR count). The summed E-state index contributed by atoms with van der Waals surface area (Å²) in [6, 6.07) is -0.583. The van der Waals surface area contributed by atoms with Gasteiger partial charge in [0.15, 0.2) is 0 Å². The smallest absolute Gasteiger partial charge is 0.216 e. The lowest BCUT2D eigenvalue weighted by molar-refractivity contribution is 0.553. The van der Waals surface area contributed by atoms with Crippen LogP contribution in [0.3, 0.4) is 0 Å². The van der Waals surface area contributed by atoms with Crippen molar-refractivity contribution in [3.8, 4) is 0 Å². The Balaban J connectivity index is 2.59. The Labute approximate surface area is 96.8 Å². The second-order valence-electron chi connectivity index (χ2n) is 4.27. The molecule has 96 valence electrons. The average Bonchev–Trinajstić information content (AvgIpc) is 2.49. The predicted octanol–water partition coefficient (Wildman–Crippen LogP) is -1.30. The Morgan fingerprint density at radius 3 is 2.44 bits per heavy atom. The summed E-state index contributed by atoms with van der Waals surface area (Å²) < 4.78 is 48.0. The van der Waals surface area contributed by atoms with Gasteiger partial charge in [0.05, 0.1) is 11.0 Å². The van der Waals surface area contributed by atoms with Crippen LogP contribution in [0.25, 0.3) is 0 Å². The molecule has 1 heterocycles. The highest BCUT2D eigenvalue weighted by Gasteiger charge is 2.30. The molecule has 8 heteroatoms. The minimum absolute atomic E-state index is 0.174. The van der Waals surface area contributed by atoms with E-state index in [1.807, 2.05) is 0 Å². The highest BCUT2D eigenvalue weighted by molar-refractivity contribution is 7.91. The van der Waals surface area contributed by atoms with Gasteiger partial charge < -0.3 is 5.32 Å². The lowest BCUT2D eigenvalue weighted by Crippen LogP contribution is -2.43. The van der Waals surface area contributed by atoms with Crippen LogP contribution >= 0.6 is 0 Å². The van der Waals surface area contributed by atoms with Crippen molar-refractivity contribution in [2.45, 2.75) is 24.6 Å². The highest BCUT2D eigenvalue weighted by Crippen LogP contribution is 2.09. The number of sulfone groups is 1. The van der Waals surface area contributed by atoms with Gasteiger partial charge in [0.1, 0.15) is 9.84 Å². The van der Waals surface area contributed by atoms with E-state index < -0.39 is 31.2 Å². The first-order chi connectivity index (χ1) is 7.21. The summed E-state index contributed by atoms with van der Waals surface area (Å²) in [7, 11) is -6.57. The molecular weight excluding hydrogens is 252 g/mol. The zero-order chi connectivity index (χ0) is 12.4. The van der Waals surface area contributed by atoms with Crippen molar-refractivity contribution in [1.29, 1.82) is 0 Å². The summed E-state index contributed by atoms with van der Waals surface area (Å²) in [4.78, 5) is 0. The van der Waals surface area contributed by atoms with E-state index in [2.05, 4.69) is 10.0 Å². The van der Waals surface area contributed by atoms with Crippen molar-refractivity contribution in [3.63, 3.8) is 0 Å². The molecule has 0 aromatic carbocycles. The van der Waals surface area contributed by atoms with Crippen LogP contribution in [-0.4, -0.2) is 53.2 Å². The Morgan fingerprint density at radius 1 is 1.38 bits per heavy atom. The molecule has 0 radical (unpaired) electrons. The van der Waals surface area contributed by atoms with Gasteiger partial charge in [-0.3, -0.25) is 0 Å². The minimum Gasteiger partial charge on any atom is -0.315 e. The first-order valence-corrected chi connectivity index (χ1v) is 8.71. The third-order valence-corrected chi connectivity index (χ3v) is 5.49. The van der Waals surface area contributed by atoms with Gasteiger partial charge in [-0.25, -0.2) is 21.6 Å². The van der Waals surface area contributed by atoms with Crippen LogP contribution in [0.2, 0.25) is 0 Å². The third-order valence-electron chi connectivity index (χ3n) is 2.37. The highest BCUT2D eigenvalue weighted by atomic mass is 32.2. The fourth-order valence-corrected chi connectivity index (χ4v) is 4.46. The third kappa shape index (κ3) is 4.36. The molecule has 6 nitrogen and oxygen atoms in total. The van der Waals surface area contributed by atoms with Crippen LogP contribution in [0.1, 0.15) is 13.3 Å². The van der Waals surface area contributed by atoms with E-state index in [0.29, 0.717) is 19.5 Å². The normalized spacial score (nSPS) is 24.5. The molecule has 0 aliphatic carbocycles. The van der Waals surface area contributed by atoms with E-state index in [9.17, 15) is 16.8 Å². The molecule has 1 aliphatic rings. The van der Waals surface area contributed by atoms with E-state index in [4.69, 9.17) is 0 Å². The lowest BCUT2D eigenvalue weighted by Gasteiger charge is -2.16. The van der Waals surface area contributed by atoms with Gasteiger partial charge >= 0.3 is 0 Å². The molecule has 0 spiro atoms. The van der Waals surface area contributed by atoms with Crippen molar-refractivity contribution in [3.05, 3.63) is 0 Å². The number of hydrogen-bond acceptors (Lipinski definition) is 5. The number of hydrogen-bond donors (Lipinski definition) is 2. The van der Waals surface area contributed by atoms with E-state index >= 15 is 0 Å². The molecule has 1 saturated heterocycles. The summed E-state index contributed by atoms with van der Waals surface area (Å²) in [5.41, 5.74) is 0. The molecule has 0 aromatic rings. The molecule has 0 amide bonds. The number of nitrogens with one attached hydrogen (secondary N) is 2. The first kappa shape index (κ1) is 13.9. The lowest BCUT2D eigenvalue weighted by atomic mass is 10.4. The van der Waals surface area contributed by atoms with E-state index in [0.717, 1.165) is 6.26 Å². The standard InChI is InChI=1S/C8H18N2O4S2/c1-7(6-15(2,11)12)10-16(13,14)8-3-4-9-5-8/h7-10H,3-6H2,1-2H3. The SMILES string of the molecule is CC(CS(C)(=O)=O)NS(=O)(=O)C1CCNC1. The summed E-state index contributed by atoms with van der Waals surface area (Å²) >= 11 is 0. The Hall–Kier alpha value is -0.180. The van der Waals surface area contributed by atoms with E-state index in [1.165, 1.54) is 0 Å². The predicted molar refractivity (Wildman–Crippen MR) is 62.5 cm³/mol. The van der Waals surface area contributed by atoms with Gasteiger partial charge in [0.25, 0.3) is 0 Å². The van der Waals surface area contributed by atoms with Crippen molar-refractivity contribution in [2.75, 3.05) is 25.1 Å². The molecule has 0 bridgehead atoms. The molecule has 2 unspecified atom stereocenters. The van der Waals surface area contributed by atoms with Crippen LogP contribution in [0.5, 0.6) is 0 Å². The van der Waals surface area contributed by atoms with Gasteiger partial charge in [-0.05, 0) is 19.9 Å². The van der Waals surface area contributed by atoms with Gasteiger partial charge in [0.2, 0.25) is 10.0 Å². The van der Waals surface area contributed by atoms with Crippen LogP contribution in [0.15, 0.2) is 0 Å². The quantitative estimate of drug-likeness (QED) is 0.648. The van der Waals surface area contributed by atoms with E-state index in [-0.39, 0.29) is 5.75 Å². The molecule has 0 aromatic heterocycles. The average molecular weight is 270 g/mol. The summed E-state index contributed by atoms with van der Waals surface area (Å²) in [5.74, 6) is -0.174. The fraction of sp³-hybridized carbons (Fsp3) is 1.00. The molecule has 1 fully saturated rings. The van der Waals surface area contributed by atoms with Gasteiger partial charge in [-0.2, -0.15) is 0 Å². The second-order valence-corrected chi connectivity index (χ2v) is 8.45. The molecule has 0 saturated carbocycles. The summed E-state index contributed by atoms with van der Waals surface area (Å²) in [6.07, 6.45) is 1.66. The number of sulfonamides is 1. The largest absolute Gasteiger partial charge is 0.315 e. The Bertz CT molecular complexity index is 423. The maximum absolute atomic E-state index is 11.8. The molecule has 1 aliphatic heterocycles. The van der Waals surface area contributed by atoms with Gasteiger partial charge in [0, 0.05) is 18.8 Å².